The summed E-state index contributed by atoms with van der Waals surface area (Å²) in [7, 11) is 1.59. The van der Waals surface area contributed by atoms with Crippen LogP contribution in [0.15, 0.2) is 36.4 Å². The van der Waals surface area contributed by atoms with Crippen molar-refractivity contribution in [2.45, 2.75) is 25.4 Å². The summed E-state index contributed by atoms with van der Waals surface area (Å²) in [5.74, 6) is 1.08. The number of carbonyl (C=O) groups is 2. The summed E-state index contributed by atoms with van der Waals surface area (Å²) < 4.78 is 5.28. The highest BCUT2D eigenvalue weighted by atomic mass is 35.5. The highest BCUT2D eigenvalue weighted by Gasteiger charge is 2.27. The van der Waals surface area contributed by atoms with Crippen molar-refractivity contribution >= 4 is 40.3 Å². The molecule has 0 radical (unpaired) electrons. The maximum absolute atomic E-state index is 13.2. The topological polar surface area (TPSA) is 132 Å². The quantitative estimate of drug-likeness (QED) is 0.142. The lowest BCUT2D eigenvalue weighted by Crippen LogP contribution is -2.32. The van der Waals surface area contributed by atoms with Crippen molar-refractivity contribution in [3.05, 3.63) is 58.9 Å². The number of carbonyl (C=O) groups excluding carboxylic acids is 2. The molecule has 2 aromatic carbocycles. The second-order valence-corrected chi connectivity index (χ2v) is 8.00. The number of halogens is 1. The third-order valence-corrected chi connectivity index (χ3v) is 5.81. The van der Waals surface area contributed by atoms with Crippen LogP contribution in [0.2, 0.25) is 0 Å². The fraction of sp³-hybridized carbons (Fsp3) is 0.304. The smallest absolute Gasteiger partial charge is 0.252 e. The van der Waals surface area contributed by atoms with Gasteiger partial charge in [0.1, 0.15) is 17.4 Å². The van der Waals surface area contributed by atoms with Crippen molar-refractivity contribution in [1.82, 2.24) is 25.9 Å². The van der Waals surface area contributed by atoms with Crippen LogP contribution in [0.4, 0.5) is 0 Å². The normalized spacial score (nSPS) is 13.3. The largest absolute Gasteiger partial charge is 0.497 e. The molecular weight excluding hydrogens is 444 g/mol. The van der Waals surface area contributed by atoms with E-state index >= 15 is 0 Å². The lowest BCUT2D eigenvalue weighted by Gasteiger charge is -2.18. The first kappa shape index (κ1) is 22.6. The highest BCUT2D eigenvalue weighted by Crippen LogP contribution is 2.25. The number of aromatic nitrogens is 2. The van der Waals surface area contributed by atoms with Crippen LogP contribution < -0.4 is 20.7 Å². The standard InChI is InChI=1S/C23H25ClN6O3/c1-33-14-7-8-16-18(10-14)29-21(28-16)17(6-3-9-26-19(25)11-24)30-22(31)15-5-2-4-13-12-27-23(32)20(13)15/h2,4-5,7-8,10,17H,3,6,9,11-12H2,1H3,(H2,25,26)(H,27,32)(H,28,29)(H,30,31). The number of nitrogens with zero attached hydrogens (tertiary/aromatic N) is 1. The minimum absolute atomic E-state index is 0.118. The molecule has 1 aliphatic heterocycles. The summed E-state index contributed by atoms with van der Waals surface area (Å²) in [6, 6.07) is 10.4. The number of fused-ring (bicyclic) bond motifs is 2. The number of methoxy groups -OCH3 is 1. The molecule has 1 atom stereocenters. The zero-order chi connectivity index (χ0) is 23.4. The van der Waals surface area contributed by atoms with E-state index in [0.717, 1.165) is 16.6 Å². The van der Waals surface area contributed by atoms with Gasteiger partial charge >= 0.3 is 0 Å². The van der Waals surface area contributed by atoms with Crippen molar-refractivity contribution in [1.29, 1.82) is 5.41 Å². The number of nitrogens with one attached hydrogen (secondary N) is 5. The molecule has 33 heavy (non-hydrogen) atoms. The van der Waals surface area contributed by atoms with Gasteiger partial charge in [0.25, 0.3) is 11.8 Å². The number of aromatic amines is 1. The Kier molecular flexibility index (Phi) is 6.79. The summed E-state index contributed by atoms with van der Waals surface area (Å²) in [6.07, 6.45) is 1.23. The first-order valence-corrected chi connectivity index (χ1v) is 11.2. The second-order valence-electron chi connectivity index (χ2n) is 7.73. The molecule has 0 bridgehead atoms. The van der Waals surface area contributed by atoms with Crippen molar-refractivity contribution < 1.29 is 14.3 Å². The molecule has 0 saturated heterocycles. The maximum Gasteiger partial charge on any atom is 0.252 e. The third kappa shape index (κ3) is 4.93. The highest BCUT2D eigenvalue weighted by molar-refractivity contribution is 6.27. The van der Waals surface area contributed by atoms with Crippen LogP contribution in [0.1, 0.15) is 51.0 Å². The lowest BCUT2D eigenvalue weighted by molar-refractivity contribution is 0.0912. The fourth-order valence-electron chi connectivity index (χ4n) is 3.87. The van der Waals surface area contributed by atoms with Gasteiger partial charge in [0.05, 0.1) is 41.2 Å². The van der Waals surface area contributed by atoms with Gasteiger partial charge in [-0.3, -0.25) is 15.0 Å². The van der Waals surface area contributed by atoms with Crippen LogP contribution >= 0.6 is 11.6 Å². The number of ether oxygens (including phenoxy) is 1. The van der Waals surface area contributed by atoms with Gasteiger partial charge in [-0.05, 0) is 36.6 Å². The number of alkyl halides is 1. The Morgan fingerprint density at radius 1 is 1.33 bits per heavy atom. The Bertz CT molecular complexity index is 1210. The van der Waals surface area contributed by atoms with Crippen molar-refractivity contribution in [2.24, 2.45) is 0 Å². The summed E-state index contributed by atoms with van der Waals surface area (Å²) >= 11 is 5.65. The molecular formula is C23H25ClN6O3. The molecule has 1 aliphatic rings. The molecule has 3 aromatic rings. The number of hydrogen-bond acceptors (Lipinski definition) is 5. The summed E-state index contributed by atoms with van der Waals surface area (Å²) in [4.78, 5) is 33.4. The van der Waals surface area contributed by atoms with E-state index in [9.17, 15) is 9.59 Å². The first-order valence-electron chi connectivity index (χ1n) is 10.6. The molecule has 4 rings (SSSR count). The Morgan fingerprint density at radius 2 is 2.18 bits per heavy atom. The van der Waals surface area contributed by atoms with Gasteiger partial charge in [0.15, 0.2) is 0 Å². The van der Waals surface area contributed by atoms with Crippen LogP contribution in [0.25, 0.3) is 11.0 Å². The van der Waals surface area contributed by atoms with E-state index in [0.29, 0.717) is 48.6 Å². The van der Waals surface area contributed by atoms with E-state index in [2.05, 4.69) is 25.9 Å². The first-order chi connectivity index (χ1) is 16.0. The zero-order valence-corrected chi connectivity index (χ0v) is 18.9. The van der Waals surface area contributed by atoms with Crippen molar-refractivity contribution in [2.75, 3.05) is 19.5 Å². The molecule has 2 amide bonds. The molecule has 0 saturated carbocycles. The van der Waals surface area contributed by atoms with Gasteiger partial charge in [-0.1, -0.05) is 12.1 Å². The molecule has 10 heteroatoms. The van der Waals surface area contributed by atoms with Crippen LogP contribution in [0.5, 0.6) is 5.75 Å². The van der Waals surface area contributed by atoms with E-state index in [1.807, 2.05) is 24.3 Å². The molecule has 2 heterocycles. The predicted octanol–water partition coefficient (Wildman–Crippen LogP) is 2.87. The van der Waals surface area contributed by atoms with Gasteiger partial charge in [0.2, 0.25) is 0 Å². The molecule has 9 nitrogen and oxygen atoms in total. The lowest BCUT2D eigenvalue weighted by atomic mass is 10.0. The van der Waals surface area contributed by atoms with Gasteiger partial charge in [-0.2, -0.15) is 0 Å². The number of benzene rings is 2. The van der Waals surface area contributed by atoms with Crippen LogP contribution in [-0.4, -0.2) is 47.2 Å². The molecule has 0 fully saturated rings. The van der Waals surface area contributed by atoms with Crippen molar-refractivity contribution in [3.8, 4) is 5.75 Å². The van der Waals surface area contributed by atoms with E-state index in [-0.39, 0.29) is 23.5 Å². The number of H-pyrrole nitrogens is 1. The average molecular weight is 469 g/mol. The molecule has 172 valence electrons. The molecule has 1 unspecified atom stereocenters. The molecule has 1 aromatic heterocycles. The SMILES string of the molecule is COc1ccc2[nH]c(C(CCCNC(=N)CCl)NC(=O)c3cccc4c3C(=O)NC4)nc2c1. The summed E-state index contributed by atoms with van der Waals surface area (Å²) in [5.41, 5.74) is 3.12. The summed E-state index contributed by atoms with van der Waals surface area (Å²) in [5, 5.41) is 16.4. The van der Waals surface area contributed by atoms with E-state index in [1.165, 1.54) is 0 Å². The third-order valence-electron chi connectivity index (χ3n) is 5.55. The van der Waals surface area contributed by atoms with Crippen LogP contribution in [0, 0.1) is 5.41 Å². The summed E-state index contributed by atoms with van der Waals surface area (Å²) in [6.45, 7) is 0.956. The molecule has 0 aliphatic carbocycles. The minimum Gasteiger partial charge on any atom is -0.497 e. The minimum atomic E-state index is -0.428. The van der Waals surface area contributed by atoms with E-state index in [4.69, 9.17) is 21.7 Å². The zero-order valence-electron chi connectivity index (χ0n) is 18.1. The van der Waals surface area contributed by atoms with Crippen LogP contribution in [-0.2, 0) is 6.54 Å². The number of hydrogen-bond donors (Lipinski definition) is 5. The van der Waals surface area contributed by atoms with Crippen LogP contribution in [0.3, 0.4) is 0 Å². The Labute approximate surface area is 195 Å². The van der Waals surface area contributed by atoms with Gasteiger partial charge < -0.3 is 25.7 Å². The fourth-order valence-corrected chi connectivity index (χ4v) is 3.97. The van der Waals surface area contributed by atoms with Gasteiger partial charge in [0, 0.05) is 19.2 Å². The van der Waals surface area contributed by atoms with E-state index in [1.54, 1.807) is 19.2 Å². The second kappa shape index (κ2) is 9.91. The molecule has 5 N–H and O–H groups in total. The Hall–Kier alpha value is -3.59. The van der Waals surface area contributed by atoms with Crippen molar-refractivity contribution in [3.63, 3.8) is 0 Å². The molecule has 0 spiro atoms. The Morgan fingerprint density at radius 3 is 2.97 bits per heavy atom. The monoisotopic (exact) mass is 468 g/mol. The maximum atomic E-state index is 13.2. The predicted molar refractivity (Wildman–Crippen MR) is 126 cm³/mol. The number of imidazole rings is 1. The Balaban J connectivity index is 1.58. The van der Waals surface area contributed by atoms with Gasteiger partial charge in [-0.25, -0.2) is 4.98 Å². The number of rotatable bonds is 9. The van der Waals surface area contributed by atoms with E-state index < -0.39 is 6.04 Å². The van der Waals surface area contributed by atoms with Gasteiger partial charge in [-0.15, -0.1) is 11.6 Å². The average Bonchev–Trinajstić information content (AvgIpc) is 3.43. The number of amidine groups is 1. The number of amides is 2.